The van der Waals surface area contributed by atoms with Gasteiger partial charge in [0.15, 0.2) is 0 Å². The molecule has 0 heterocycles. The molecule has 0 amide bonds. The Hall–Kier alpha value is -0.130. The van der Waals surface area contributed by atoms with Gasteiger partial charge in [-0.3, -0.25) is 0 Å². The summed E-state index contributed by atoms with van der Waals surface area (Å²) in [6, 6.07) is 4.61. The van der Waals surface area contributed by atoms with Crippen LogP contribution >= 0.6 is 0 Å². The first kappa shape index (κ1) is 14.9. The molecule has 0 aromatic heterocycles. The summed E-state index contributed by atoms with van der Waals surface area (Å²) in [7, 11) is -4.38. The molecule has 0 aliphatic rings. The molecule has 0 saturated carbocycles. The van der Waals surface area contributed by atoms with Gasteiger partial charge in [-0.1, -0.05) is 31.7 Å². The maximum Gasteiger partial charge on any atom is 1.00 e. The van der Waals surface area contributed by atoms with Crippen LogP contribution in [0.15, 0.2) is 29.7 Å². The van der Waals surface area contributed by atoms with Gasteiger partial charge in [0, 0.05) is 0 Å². The van der Waals surface area contributed by atoms with Crippen LogP contribution < -0.4 is 29.6 Å². The largest absolute Gasteiger partial charge is 1.00 e. The standard InChI is InChI=1S/C10H12O3S.Na/c1-3-8-6-5-7-10(9(8)4-2)14(11,12)13;/h3,5-7H,1,4H2,2H3,(H,11,12,13);/q;+1/p-1. The van der Waals surface area contributed by atoms with Crippen LogP contribution in [0.5, 0.6) is 0 Å². The molecule has 0 saturated heterocycles. The third-order valence-corrected chi connectivity index (χ3v) is 2.93. The molecule has 0 radical (unpaired) electrons. The molecule has 1 aromatic rings. The van der Waals surface area contributed by atoms with Crippen molar-refractivity contribution in [2.24, 2.45) is 0 Å². The predicted molar refractivity (Wildman–Crippen MR) is 53.9 cm³/mol. The number of rotatable bonds is 3. The first-order chi connectivity index (χ1) is 6.50. The van der Waals surface area contributed by atoms with Crippen molar-refractivity contribution < 1.29 is 42.5 Å². The monoisotopic (exact) mass is 234 g/mol. The minimum Gasteiger partial charge on any atom is -0.744 e. The van der Waals surface area contributed by atoms with E-state index >= 15 is 0 Å². The van der Waals surface area contributed by atoms with Crippen molar-refractivity contribution in [3.05, 3.63) is 35.9 Å². The summed E-state index contributed by atoms with van der Waals surface area (Å²) in [5, 5.41) is 0. The van der Waals surface area contributed by atoms with Gasteiger partial charge < -0.3 is 4.55 Å². The predicted octanol–water partition coefficient (Wildman–Crippen LogP) is -1.20. The van der Waals surface area contributed by atoms with Crippen LogP contribution in [0.4, 0.5) is 0 Å². The third kappa shape index (κ3) is 3.43. The molecular formula is C10H11NaO3S. The van der Waals surface area contributed by atoms with Crippen LogP contribution in [0, 0.1) is 0 Å². The zero-order valence-corrected chi connectivity index (χ0v) is 11.7. The summed E-state index contributed by atoms with van der Waals surface area (Å²) in [6.45, 7) is 5.37. The van der Waals surface area contributed by atoms with Gasteiger partial charge in [-0.05, 0) is 23.6 Å². The Balaban J connectivity index is 0.00000196. The molecule has 0 N–H and O–H groups in total. The van der Waals surface area contributed by atoms with E-state index in [9.17, 15) is 13.0 Å². The summed E-state index contributed by atoms with van der Waals surface area (Å²) < 4.78 is 32.7. The fourth-order valence-corrected chi connectivity index (χ4v) is 2.20. The van der Waals surface area contributed by atoms with Crippen molar-refractivity contribution in [1.29, 1.82) is 0 Å². The molecule has 0 atom stereocenters. The number of hydrogen-bond donors (Lipinski definition) is 0. The summed E-state index contributed by atoms with van der Waals surface area (Å²) in [4.78, 5) is -0.141. The zero-order chi connectivity index (χ0) is 10.8. The Morgan fingerprint density at radius 3 is 2.47 bits per heavy atom. The summed E-state index contributed by atoms with van der Waals surface area (Å²) in [5.41, 5.74) is 1.24. The van der Waals surface area contributed by atoms with Crippen molar-refractivity contribution in [2.45, 2.75) is 18.2 Å². The van der Waals surface area contributed by atoms with E-state index in [2.05, 4.69) is 6.58 Å². The Morgan fingerprint density at radius 1 is 1.47 bits per heavy atom. The molecule has 0 aliphatic carbocycles. The van der Waals surface area contributed by atoms with Gasteiger partial charge in [0.1, 0.15) is 10.1 Å². The van der Waals surface area contributed by atoms with E-state index in [0.717, 1.165) is 0 Å². The van der Waals surface area contributed by atoms with E-state index in [1.165, 1.54) is 6.07 Å². The van der Waals surface area contributed by atoms with Crippen LogP contribution in [-0.4, -0.2) is 13.0 Å². The molecule has 5 heteroatoms. The molecule has 0 unspecified atom stereocenters. The van der Waals surface area contributed by atoms with Crippen molar-refractivity contribution in [3.8, 4) is 0 Å². The molecule has 0 aliphatic heterocycles. The van der Waals surface area contributed by atoms with Gasteiger partial charge in [0.25, 0.3) is 0 Å². The summed E-state index contributed by atoms with van der Waals surface area (Å²) in [5.74, 6) is 0. The summed E-state index contributed by atoms with van der Waals surface area (Å²) >= 11 is 0. The smallest absolute Gasteiger partial charge is 0.744 e. The Kier molecular flexibility index (Phi) is 5.77. The maximum absolute atomic E-state index is 10.9. The van der Waals surface area contributed by atoms with Crippen LogP contribution in [0.2, 0.25) is 0 Å². The van der Waals surface area contributed by atoms with Crippen LogP contribution in [0.25, 0.3) is 6.08 Å². The van der Waals surface area contributed by atoms with E-state index in [0.29, 0.717) is 17.5 Å². The topological polar surface area (TPSA) is 57.2 Å². The van der Waals surface area contributed by atoms with Gasteiger partial charge in [0.05, 0.1) is 4.90 Å². The number of hydrogen-bond acceptors (Lipinski definition) is 3. The normalized spacial score (nSPS) is 10.5. The molecule has 0 bridgehead atoms. The van der Waals surface area contributed by atoms with E-state index < -0.39 is 10.1 Å². The van der Waals surface area contributed by atoms with Gasteiger partial charge in [-0.15, -0.1) is 0 Å². The van der Waals surface area contributed by atoms with Gasteiger partial charge >= 0.3 is 29.6 Å². The Labute approximate surface area is 112 Å². The van der Waals surface area contributed by atoms with Gasteiger partial charge in [-0.25, -0.2) is 8.42 Å². The summed E-state index contributed by atoms with van der Waals surface area (Å²) in [6.07, 6.45) is 2.05. The minimum atomic E-state index is -4.38. The van der Waals surface area contributed by atoms with E-state index in [4.69, 9.17) is 0 Å². The molecule has 76 valence electrons. The van der Waals surface area contributed by atoms with Crippen LogP contribution in [-0.2, 0) is 16.5 Å². The maximum atomic E-state index is 10.9. The molecule has 15 heavy (non-hydrogen) atoms. The van der Waals surface area contributed by atoms with Crippen LogP contribution in [0.3, 0.4) is 0 Å². The van der Waals surface area contributed by atoms with Crippen molar-refractivity contribution in [2.75, 3.05) is 0 Å². The third-order valence-electron chi connectivity index (χ3n) is 2.01. The van der Waals surface area contributed by atoms with E-state index in [1.54, 1.807) is 25.1 Å². The SMILES string of the molecule is C=Cc1cccc(S(=O)(=O)[O-])c1CC.[Na+]. The molecule has 1 rings (SSSR count). The Morgan fingerprint density at radius 2 is 2.07 bits per heavy atom. The van der Waals surface area contributed by atoms with Crippen molar-refractivity contribution in [3.63, 3.8) is 0 Å². The second-order valence-corrected chi connectivity index (χ2v) is 4.18. The van der Waals surface area contributed by atoms with Gasteiger partial charge in [-0.2, -0.15) is 0 Å². The number of benzene rings is 1. The quantitative estimate of drug-likeness (QED) is 0.487. The first-order valence-corrected chi connectivity index (χ1v) is 5.61. The van der Waals surface area contributed by atoms with Crippen molar-refractivity contribution in [1.82, 2.24) is 0 Å². The average Bonchev–Trinajstić information content (AvgIpc) is 2.15. The van der Waals surface area contributed by atoms with E-state index in [-0.39, 0.29) is 34.5 Å². The fraction of sp³-hybridized carbons (Fsp3) is 0.200. The average molecular weight is 234 g/mol. The molecular weight excluding hydrogens is 223 g/mol. The van der Waals surface area contributed by atoms with Crippen LogP contribution in [0.1, 0.15) is 18.1 Å². The fourth-order valence-electron chi connectivity index (χ4n) is 1.39. The van der Waals surface area contributed by atoms with E-state index in [1.807, 2.05) is 0 Å². The zero-order valence-electron chi connectivity index (χ0n) is 8.86. The van der Waals surface area contributed by atoms with Gasteiger partial charge in [0.2, 0.25) is 0 Å². The minimum absolute atomic E-state index is 0. The first-order valence-electron chi connectivity index (χ1n) is 4.21. The Bertz CT molecular complexity index is 452. The second-order valence-electron chi connectivity index (χ2n) is 2.84. The molecule has 3 nitrogen and oxygen atoms in total. The van der Waals surface area contributed by atoms with Crippen molar-refractivity contribution >= 4 is 16.2 Å². The molecule has 0 fully saturated rings. The second kappa shape index (κ2) is 5.82. The molecule has 0 spiro atoms. The molecule has 1 aromatic carbocycles.